The fraction of sp³-hybridized carbons (Fsp3) is 0.235. The third-order valence-corrected chi connectivity index (χ3v) is 4.48. The molecule has 0 spiro atoms. The maximum atomic E-state index is 5.91. The summed E-state index contributed by atoms with van der Waals surface area (Å²) in [5, 5.41) is 13.1. The van der Waals surface area contributed by atoms with Crippen LogP contribution in [0.25, 0.3) is 0 Å². The fourth-order valence-electron chi connectivity index (χ4n) is 2.38. The van der Waals surface area contributed by atoms with Gasteiger partial charge in [0.25, 0.3) is 0 Å². The Balaban J connectivity index is 1.57. The Bertz CT molecular complexity index is 854. The summed E-state index contributed by atoms with van der Waals surface area (Å²) in [6, 6.07) is 9.71. The minimum absolute atomic E-state index is 0.632. The number of halogens is 1. The van der Waals surface area contributed by atoms with Gasteiger partial charge in [-0.2, -0.15) is 10.2 Å². The van der Waals surface area contributed by atoms with E-state index in [9.17, 15) is 0 Å². The normalized spacial score (nSPS) is 10.7. The molecule has 3 aromatic rings. The van der Waals surface area contributed by atoms with Crippen molar-refractivity contribution >= 4 is 34.6 Å². The van der Waals surface area contributed by atoms with Crippen LogP contribution in [0.15, 0.2) is 48.9 Å². The van der Waals surface area contributed by atoms with Crippen LogP contribution in [0.1, 0.15) is 11.3 Å². The number of nitrogens with zero attached hydrogens (tertiary/aromatic N) is 5. The standard InChI is InChI=1S/C17H19ClN6S/c1-22(12-16-7-8-19-23(16)2)17(25)21-15-9-20-24(11-15)10-13-3-5-14(18)6-4-13/h3-9,11H,10,12H2,1-2H3,(H,21,25). The average Bonchev–Trinajstić information content (AvgIpc) is 3.19. The molecule has 0 saturated carbocycles. The third kappa shape index (κ3) is 4.58. The molecule has 0 aliphatic rings. The maximum Gasteiger partial charge on any atom is 0.173 e. The number of aromatic nitrogens is 4. The highest BCUT2D eigenvalue weighted by Gasteiger charge is 2.09. The van der Waals surface area contributed by atoms with E-state index in [2.05, 4.69) is 15.5 Å². The number of benzene rings is 1. The Morgan fingerprint density at radius 3 is 2.68 bits per heavy atom. The van der Waals surface area contributed by atoms with Crippen molar-refractivity contribution in [2.24, 2.45) is 7.05 Å². The zero-order chi connectivity index (χ0) is 17.8. The summed E-state index contributed by atoms with van der Waals surface area (Å²) in [6.07, 6.45) is 5.47. The first-order valence-corrected chi connectivity index (χ1v) is 8.56. The van der Waals surface area contributed by atoms with Gasteiger partial charge in [-0.25, -0.2) is 0 Å². The van der Waals surface area contributed by atoms with Crippen molar-refractivity contribution in [1.29, 1.82) is 0 Å². The first-order valence-electron chi connectivity index (χ1n) is 7.77. The summed E-state index contributed by atoms with van der Waals surface area (Å²) in [5.74, 6) is 0. The number of rotatable bonds is 5. The van der Waals surface area contributed by atoms with Crippen LogP contribution in [0.5, 0.6) is 0 Å². The van der Waals surface area contributed by atoms with Gasteiger partial charge in [-0.3, -0.25) is 9.36 Å². The predicted octanol–water partition coefficient (Wildman–Crippen LogP) is 3.15. The average molecular weight is 375 g/mol. The van der Waals surface area contributed by atoms with E-state index in [4.69, 9.17) is 23.8 Å². The molecule has 0 radical (unpaired) electrons. The van der Waals surface area contributed by atoms with Gasteiger partial charge in [0.2, 0.25) is 0 Å². The van der Waals surface area contributed by atoms with Crippen LogP contribution >= 0.6 is 23.8 Å². The Morgan fingerprint density at radius 1 is 1.24 bits per heavy atom. The lowest BCUT2D eigenvalue weighted by atomic mass is 10.2. The van der Waals surface area contributed by atoms with Crippen LogP contribution in [-0.4, -0.2) is 36.6 Å². The van der Waals surface area contributed by atoms with Crippen LogP contribution in [0.3, 0.4) is 0 Å². The molecule has 0 aliphatic heterocycles. The smallest absolute Gasteiger partial charge is 0.173 e. The highest BCUT2D eigenvalue weighted by atomic mass is 35.5. The number of hydrogen-bond acceptors (Lipinski definition) is 3. The maximum absolute atomic E-state index is 5.91. The van der Waals surface area contributed by atoms with E-state index < -0.39 is 0 Å². The molecular weight excluding hydrogens is 356 g/mol. The van der Waals surface area contributed by atoms with E-state index in [1.807, 2.05) is 64.9 Å². The first kappa shape index (κ1) is 17.4. The summed E-state index contributed by atoms with van der Waals surface area (Å²) >= 11 is 11.4. The molecule has 2 aromatic heterocycles. The van der Waals surface area contributed by atoms with E-state index in [0.717, 1.165) is 22.0 Å². The van der Waals surface area contributed by atoms with E-state index in [-0.39, 0.29) is 0 Å². The van der Waals surface area contributed by atoms with E-state index >= 15 is 0 Å². The molecule has 0 saturated heterocycles. The molecule has 0 fully saturated rings. The van der Waals surface area contributed by atoms with Crippen molar-refractivity contribution in [2.45, 2.75) is 13.1 Å². The molecule has 25 heavy (non-hydrogen) atoms. The van der Waals surface area contributed by atoms with Gasteiger partial charge in [-0.15, -0.1) is 0 Å². The van der Waals surface area contributed by atoms with Crippen molar-refractivity contribution in [3.63, 3.8) is 0 Å². The van der Waals surface area contributed by atoms with Crippen LogP contribution < -0.4 is 5.32 Å². The zero-order valence-electron chi connectivity index (χ0n) is 14.1. The van der Waals surface area contributed by atoms with Crippen LogP contribution in [0, 0.1) is 0 Å². The van der Waals surface area contributed by atoms with Crippen molar-refractivity contribution < 1.29 is 0 Å². The number of anilines is 1. The molecule has 0 bridgehead atoms. The predicted molar refractivity (Wildman–Crippen MR) is 104 cm³/mol. The Morgan fingerprint density at radius 2 is 2.00 bits per heavy atom. The second-order valence-corrected chi connectivity index (χ2v) is 6.61. The fourth-order valence-corrected chi connectivity index (χ4v) is 2.69. The number of hydrogen-bond donors (Lipinski definition) is 1. The van der Waals surface area contributed by atoms with Gasteiger partial charge in [0, 0.05) is 31.5 Å². The Hall–Kier alpha value is -2.38. The third-order valence-electron chi connectivity index (χ3n) is 3.81. The lowest BCUT2D eigenvalue weighted by molar-refractivity contribution is 0.482. The number of nitrogens with one attached hydrogen (secondary N) is 1. The molecule has 3 rings (SSSR count). The SMILES string of the molecule is CN(Cc1ccnn1C)C(=S)Nc1cnn(Cc2ccc(Cl)cc2)c1. The van der Waals surface area contributed by atoms with E-state index in [1.165, 1.54) is 0 Å². The topological polar surface area (TPSA) is 50.9 Å². The van der Waals surface area contributed by atoms with Crippen molar-refractivity contribution in [3.05, 3.63) is 65.2 Å². The van der Waals surface area contributed by atoms with Gasteiger partial charge in [-0.05, 0) is 36.0 Å². The van der Waals surface area contributed by atoms with Crippen LogP contribution in [0.4, 0.5) is 5.69 Å². The Kier molecular flexibility index (Phi) is 5.35. The quantitative estimate of drug-likeness (QED) is 0.695. The lowest BCUT2D eigenvalue weighted by Crippen LogP contribution is -2.31. The van der Waals surface area contributed by atoms with Crippen LogP contribution in [-0.2, 0) is 20.1 Å². The minimum Gasteiger partial charge on any atom is -0.346 e. The molecule has 2 heterocycles. The molecule has 1 aromatic carbocycles. The van der Waals surface area contributed by atoms with Gasteiger partial charge >= 0.3 is 0 Å². The van der Waals surface area contributed by atoms with Crippen molar-refractivity contribution in [3.8, 4) is 0 Å². The molecule has 0 atom stereocenters. The number of thiocarbonyl (C=S) groups is 1. The summed E-state index contributed by atoms with van der Waals surface area (Å²) in [5.41, 5.74) is 3.08. The summed E-state index contributed by atoms with van der Waals surface area (Å²) in [4.78, 5) is 1.96. The molecule has 6 nitrogen and oxygen atoms in total. The monoisotopic (exact) mass is 374 g/mol. The van der Waals surface area contributed by atoms with Gasteiger partial charge in [0.05, 0.1) is 30.7 Å². The lowest BCUT2D eigenvalue weighted by Gasteiger charge is -2.20. The van der Waals surface area contributed by atoms with Gasteiger partial charge in [-0.1, -0.05) is 23.7 Å². The van der Waals surface area contributed by atoms with Crippen molar-refractivity contribution in [2.75, 3.05) is 12.4 Å². The second kappa shape index (κ2) is 7.67. The largest absolute Gasteiger partial charge is 0.346 e. The van der Waals surface area contributed by atoms with Crippen molar-refractivity contribution in [1.82, 2.24) is 24.5 Å². The second-order valence-electron chi connectivity index (χ2n) is 5.79. The summed E-state index contributed by atoms with van der Waals surface area (Å²) in [6.45, 7) is 1.36. The van der Waals surface area contributed by atoms with Gasteiger partial charge < -0.3 is 10.2 Å². The van der Waals surface area contributed by atoms with Gasteiger partial charge in [0.1, 0.15) is 0 Å². The number of aryl methyl sites for hydroxylation is 1. The minimum atomic E-state index is 0.632. The van der Waals surface area contributed by atoms with Crippen LogP contribution in [0.2, 0.25) is 5.02 Å². The zero-order valence-corrected chi connectivity index (χ0v) is 15.6. The molecule has 0 unspecified atom stereocenters. The molecule has 0 aliphatic carbocycles. The highest BCUT2D eigenvalue weighted by Crippen LogP contribution is 2.13. The molecule has 0 amide bonds. The molecule has 1 N–H and O–H groups in total. The molecule has 8 heteroatoms. The van der Waals surface area contributed by atoms with E-state index in [0.29, 0.717) is 18.2 Å². The molecular formula is C17H19ClN6S. The summed E-state index contributed by atoms with van der Waals surface area (Å²) < 4.78 is 3.69. The first-order chi connectivity index (χ1) is 12.0. The molecule has 130 valence electrons. The highest BCUT2D eigenvalue weighted by molar-refractivity contribution is 7.80. The summed E-state index contributed by atoms with van der Waals surface area (Å²) in [7, 11) is 3.86. The van der Waals surface area contributed by atoms with E-state index in [1.54, 1.807) is 12.4 Å². The van der Waals surface area contributed by atoms with Gasteiger partial charge in [0.15, 0.2) is 5.11 Å². The Labute approximate surface area is 157 Å².